The van der Waals surface area contributed by atoms with Crippen molar-refractivity contribution < 1.29 is 4.79 Å². The van der Waals surface area contributed by atoms with Gasteiger partial charge in [-0.3, -0.25) is 4.79 Å². The molecule has 3 aromatic rings. The summed E-state index contributed by atoms with van der Waals surface area (Å²) in [6.07, 6.45) is 4.16. The maximum Gasteiger partial charge on any atom is 0.275 e. The topological polar surface area (TPSA) is 58.1 Å². The molecule has 1 aliphatic heterocycles. The van der Waals surface area contributed by atoms with Gasteiger partial charge in [0.1, 0.15) is 11.5 Å². The number of benzene rings is 2. The van der Waals surface area contributed by atoms with E-state index in [1.807, 2.05) is 0 Å². The van der Waals surface area contributed by atoms with Crippen molar-refractivity contribution in [2.45, 2.75) is 13.0 Å². The molecule has 6 heteroatoms. The predicted octanol–water partition coefficient (Wildman–Crippen LogP) is 3.95. The number of amides is 1. The lowest BCUT2D eigenvalue weighted by molar-refractivity contribution is 0.102. The lowest BCUT2D eigenvalue weighted by Crippen LogP contribution is -2.31. The standard InChI is InChI=1S/C20H17ClN4O/c21-16-5-7-17(8-6-16)24-20(26)18-11-23-19(12-22-18)25-10-9-14-3-1-2-4-15(14)13-25/h1-8,11-12H,9-10,13H2,(H,24,26). The van der Waals surface area contributed by atoms with E-state index in [0.717, 1.165) is 25.3 Å². The lowest BCUT2D eigenvalue weighted by atomic mass is 10.0. The number of hydrogen-bond donors (Lipinski definition) is 1. The summed E-state index contributed by atoms with van der Waals surface area (Å²) in [5, 5.41) is 3.40. The fourth-order valence-corrected chi connectivity index (χ4v) is 3.15. The van der Waals surface area contributed by atoms with Crippen LogP contribution in [0.2, 0.25) is 5.02 Å². The molecule has 0 unspecified atom stereocenters. The van der Waals surface area contributed by atoms with Crippen LogP contribution in [0.5, 0.6) is 0 Å². The summed E-state index contributed by atoms with van der Waals surface area (Å²) in [6, 6.07) is 15.4. The molecule has 1 N–H and O–H groups in total. The molecule has 26 heavy (non-hydrogen) atoms. The van der Waals surface area contributed by atoms with Crippen LogP contribution in [0.25, 0.3) is 0 Å². The first kappa shape index (κ1) is 16.5. The molecule has 1 aliphatic rings. The van der Waals surface area contributed by atoms with E-state index in [4.69, 9.17) is 11.6 Å². The average molecular weight is 365 g/mol. The highest BCUT2D eigenvalue weighted by Crippen LogP contribution is 2.22. The Morgan fingerprint density at radius 3 is 2.50 bits per heavy atom. The summed E-state index contributed by atoms with van der Waals surface area (Å²) in [7, 11) is 0. The highest BCUT2D eigenvalue weighted by molar-refractivity contribution is 6.30. The normalized spacial score (nSPS) is 13.2. The van der Waals surface area contributed by atoms with Crippen LogP contribution in [-0.4, -0.2) is 22.4 Å². The third-order valence-electron chi connectivity index (χ3n) is 4.43. The average Bonchev–Trinajstić information content (AvgIpc) is 2.69. The Morgan fingerprint density at radius 1 is 1.00 bits per heavy atom. The van der Waals surface area contributed by atoms with Gasteiger partial charge in [-0.1, -0.05) is 35.9 Å². The summed E-state index contributed by atoms with van der Waals surface area (Å²) in [5.74, 6) is 0.484. The van der Waals surface area contributed by atoms with Crippen molar-refractivity contribution in [3.05, 3.63) is 82.8 Å². The molecule has 2 heterocycles. The Morgan fingerprint density at radius 2 is 1.77 bits per heavy atom. The molecule has 0 spiro atoms. The largest absolute Gasteiger partial charge is 0.351 e. The summed E-state index contributed by atoms with van der Waals surface area (Å²) >= 11 is 5.85. The van der Waals surface area contributed by atoms with Gasteiger partial charge in [-0.15, -0.1) is 0 Å². The number of fused-ring (bicyclic) bond motifs is 1. The van der Waals surface area contributed by atoms with E-state index in [1.54, 1.807) is 30.5 Å². The van der Waals surface area contributed by atoms with Crippen molar-refractivity contribution in [3.8, 4) is 0 Å². The second-order valence-corrected chi connectivity index (χ2v) is 6.60. The number of nitrogens with zero attached hydrogens (tertiary/aromatic N) is 3. The quantitative estimate of drug-likeness (QED) is 0.764. The minimum absolute atomic E-state index is 0.279. The van der Waals surface area contributed by atoms with Gasteiger partial charge in [0.15, 0.2) is 0 Å². The van der Waals surface area contributed by atoms with Crippen molar-refractivity contribution in [2.24, 2.45) is 0 Å². The fourth-order valence-electron chi connectivity index (χ4n) is 3.02. The van der Waals surface area contributed by atoms with Gasteiger partial charge in [0.05, 0.1) is 12.4 Å². The molecule has 5 nitrogen and oxygen atoms in total. The van der Waals surface area contributed by atoms with Gasteiger partial charge in [-0.25, -0.2) is 9.97 Å². The van der Waals surface area contributed by atoms with E-state index in [0.29, 0.717) is 10.7 Å². The molecule has 4 rings (SSSR count). The Kier molecular flexibility index (Phi) is 4.54. The van der Waals surface area contributed by atoms with E-state index in [2.05, 4.69) is 44.5 Å². The number of hydrogen-bond acceptors (Lipinski definition) is 4. The van der Waals surface area contributed by atoms with Crippen molar-refractivity contribution in [2.75, 3.05) is 16.8 Å². The highest BCUT2D eigenvalue weighted by atomic mass is 35.5. The summed E-state index contributed by atoms with van der Waals surface area (Å²) in [4.78, 5) is 23.2. The second-order valence-electron chi connectivity index (χ2n) is 6.16. The third kappa shape index (κ3) is 3.53. The first-order valence-electron chi connectivity index (χ1n) is 8.40. The third-order valence-corrected chi connectivity index (χ3v) is 4.68. The summed E-state index contributed by atoms with van der Waals surface area (Å²) < 4.78 is 0. The molecule has 0 bridgehead atoms. The van der Waals surface area contributed by atoms with Gasteiger partial charge in [-0.05, 0) is 41.8 Å². The number of nitrogens with one attached hydrogen (secondary N) is 1. The van der Waals surface area contributed by atoms with E-state index in [-0.39, 0.29) is 11.6 Å². The molecular formula is C20H17ClN4O. The van der Waals surface area contributed by atoms with Gasteiger partial charge >= 0.3 is 0 Å². The first-order chi connectivity index (χ1) is 12.7. The summed E-state index contributed by atoms with van der Waals surface area (Å²) in [5.41, 5.74) is 3.64. The van der Waals surface area contributed by atoms with Crippen LogP contribution in [0, 0.1) is 0 Å². The molecule has 0 saturated carbocycles. The molecule has 1 amide bonds. The van der Waals surface area contributed by atoms with Gasteiger partial charge in [0.25, 0.3) is 5.91 Å². The number of carbonyl (C=O) groups is 1. The Labute approximate surface area is 156 Å². The Bertz CT molecular complexity index is 925. The number of anilines is 2. The van der Waals surface area contributed by atoms with E-state index >= 15 is 0 Å². The van der Waals surface area contributed by atoms with Crippen LogP contribution < -0.4 is 10.2 Å². The monoisotopic (exact) mass is 364 g/mol. The highest BCUT2D eigenvalue weighted by Gasteiger charge is 2.18. The van der Waals surface area contributed by atoms with Crippen molar-refractivity contribution >= 4 is 29.0 Å². The van der Waals surface area contributed by atoms with Crippen LogP contribution in [-0.2, 0) is 13.0 Å². The van der Waals surface area contributed by atoms with Crippen LogP contribution in [0.4, 0.5) is 11.5 Å². The maximum atomic E-state index is 12.3. The van der Waals surface area contributed by atoms with E-state index < -0.39 is 0 Å². The van der Waals surface area contributed by atoms with Crippen LogP contribution >= 0.6 is 11.6 Å². The van der Waals surface area contributed by atoms with E-state index in [1.165, 1.54) is 17.3 Å². The molecule has 0 atom stereocenters. The number of aromatic nitrogens is 2. The SMILES string of the molecule is O=C(Nc1ccc(Cl)cc1)c1cnc(N2CCc3ccccc3C2)cn1. The Balaban J connectivity index is 1.45. The Hall–Kier alpha value is -2.92. The first-order valence-corrected chi connectivity index (χ1v) is 8.77. The zero-order valence-corrected chi connectivity index (χ0v) is 14.8. The van der Waals surface area contributed by atoms with Crippen molar-refractivity contribution in [3.63, 3.8) is 0 Å². The van der Waals surface area contributed by atoms with Gasteiger partial charge in [0, 0.05) is 23.8 Å². The van der Waals surface area contributed by atoms with E-state index in [9.17, 15) is 4.79 Å². The zero-order chi connectivity index (χ0) is 17.9. The minimum atomic E-state index is -0.296. The molecule has 130 valence electrons. The number of carbonyl (C=O) groups excluding carboxylic acids is 1. The molecule has 0 saturated heterocycles. The van der Waals surface area contributed by atoms with Crippen LogP contribution in [0.15, 0.2) is 60.9 Å². The van der Waals surface area contributed by atoms with Gasteiger partial charge in [-0.2, -0.15) is 0 Å². The van der Waals surface area contributed by atoms with Crippen LogP contribution in [0.3, 0.4) is 0 Å². The molecule has 0 radical (unpaired) electrons. The van der Waals surface area contributed by atoms with Crippen molar-refractivity contribution in [1.29, 1.82) is 0 Å². The molecule has 2 aromatic carbocycles. The zero-order valence-electron chi connectivity index (χ0n) is 14.0. The molecule has 0 aliphatic carbocycles. The van der Waals surface area contributed by atoms with Gasteiger partial charge in [0.2, 0.25) is 0 Å². The summed E-state index contributed by atoms with van der Waals surface area (Å²) in [6.45, 7) is 1.70. The minimum Gasteiger partial charge on any atom is -0.351 e. The van der Waals surface area contributed by atoms with Crippen molar-refractivity contribution in [1.82, 2.24) is 9.97 Å². The van der Waals surface area contributed by atoms with Gasteiger partial charge < -0.3 is 10.2 Å². The second kappa shape index (κ2) is 7.14. The number of halogens is 1. The molecule has 1 aromatic heterocycles. The molecule has 0 fully saturated rings. The maximum absolute atomic E-state index is 12.3. The fraction of sp³-hybridized carbons (Fsp3) is 0.150. The smallest absolute Gasteiger partial charge is 0.275 e. The lowest BCUT2D eigenvalue weighted by Gasteiger charge is -2.29. The molecular weight excluding hydrogens is 348 g/mol. The van der Waals surface area contributed by atoms with Crippen LogP contribution in [0.1, 0.15) is 21.6 Å². The predicted molar refractivity (Wildman–Crippen MR) is 103 cm³/mol. The number of rotatable bonds is 3.